The zero-order valence-electron chi connectivity index (χ0n) is 31.3. The van der Waals surface area contributed by atoms with Gasteiger partial charge in [0.15, 0.2) is 0 Å². The van der Waals surface area contributed by atoms with Gasteiger partial charge in [0.25, 0.3) is 0 Å². The Morgan fingerprint density at radius 3 is 2.63 bits per heavy atom. The molecule has 0 radical (unpaired) electrons. The molecule has 0 amide bonds. The van der Waals surface area contributed by atoms with Crippen LogP contribution < -0.4 is 14.2 Å². The first-order valence-corrected chi connectivity index (χ1v) is 19.6. The van der Waals surface area contributed by atoms with Crippen molar-refractivity contribution in [3.05, 3.63) is 81.7 Å². The number of halogens is 1. The minimum atomic E-state index is -1.05. The first-order valence-electron chi connectivity index (χ1n) is 18.4. The van der Waals surface area contributed by atoms with Crippen molar-refractivity contribution in [3.8, 4) is 40.8 Å². The molecular weight excluding hydrogens is 724 g/mol. The third-order valence-electron chi connectivity index (χ3n) is 9.55. The van der Waals surface area contributed by atoms with Gasteiger partial charge in [0, 0.05) is 57.4 Å². The lowest BCUT2D eigenvalue weighted by molar-refractivity contribution is -0.151. The van der Waals surface area contributed by atoms with Crippen LogP contribution in [0.1, 0.15) is 48.4 Å². The number of carbonyl (C=O) groups excluding carboxylic acids is 1. The van der Waals surface area contributed by atoms with Gasteiger partial charge in [-0.05, 0) is 62.2 Å². The van der Waals surface area contributed by atoms with Crippen molar-refractivity contribution in [2.45, 2.75) is 59.3 Å². The number of ether oxygens (including phenoxy) is 4. The van der Waals surface area contributed by atoms with Crippen LogP contribution in [0.15, 0.2) is 55.0 Å². The Morgan fingerprint density at radius 2 is 1.85 bits per heavy atom. The molecule has 0 saturated carbocycles. The highest BCUT2D eigenvalue weighted by molar-refractivity contribution is 7.19. The van der Waals surface area contributed by atoms with Gasteiger partial charge in [-0.1, -0.05) is 55.1 Å². The van der Waals surface area contributed by atoms with Crippen LogP contribution in [-0.4, -0.2) is 94.6 Å². The third-order valence-corrected chi connectivity index (χ3v) is 11.0. The van der Waals surface area contributed by atoms with Crippen LogP contribution in [0.25, 0.3) is 21.3 Å². The molecular formula is C41H47ClN6O5S. The van der Waals surface area contributed by atoms with Gasteiger partial charge in [0.2, 0.25) is 12.0 Å². The Hall–Kier alpha value is -4.67. The Bertz CT molecular complexity index is 2090. The average Bonchev–Trinajstić information content (AvgIpc) is 3.80. The Morgan fingerprint density at radius 1 is 1.04 bits per heavy atom. The molecule has 1 atom stereocenters. The fourth-order valence-electron chi connectivity index (χ4n) is 6.45. The molecule has 11 nitrogen and oxygen atoms in total. The van der Waals surface area contributed by atoms with Crippen molar-refractivity contribution in [2.24, 2.45) is 0 Å². The second-order valence-corrected chi connectivity index (χ2v) is 14.6. The van der Waals surface area contributed by atoms with E-state index in [0.29, 0.717) is 50.4 Å². The Kier molecular flexibility index (Phi) is 13.4. The van der Waals surface area contributed by atoms with Crippen LogP contribution in [0, 0.1) is 19.3 Å². The highest BCUT2D eigenvalue weighted by Gasteiger charge is 2.29. The highest BCUT2D eigenvalue weighted by atomic mass is 35.5. The quantitative estimate of drug-likeness (QED) is 0.0722. The first kappa shape index (κ1) is 39.0. The van der Waals surface area contributed by atoms with E-state index in [1.807, 2.05) is 54.1 Å². The number of para-hydroxylation sites is 1. The number of aryl methyl sites for hydroxylation is 1. The van der Waals surface area contributed by atoms with E-state index in [4.69, 9.17) is 37.0 Å². The maximum Gasteiger partial charge on any atom is 0.347 e. The van der Waals surface area contributed by atoms with Crippen LogP contribution in [0.4, 0.5) is 0 Å². The van der Waals surface area contributed by atoms with E-state index in [2.05, 4.69) is 44.8 Å². The fraction of sp³-hybridized carbons (Fsp3) is 0.415. The summed E-state index contributed by atoms with van der Waals surface area (Å²) in [6, 6.07) is 13.4. The SMILES string of the molecule is C#Cc1sc2ncnc(O[C@H](Cc3ccccc3OCc3ccnn3CCCC)C(=O)OCC)c2c1-c1ccc(OCCN2CCN(C)CC2)c(Cl)c1C. The van der Waals surface area contributed by atoms with Gasteiger partial charge in [0.05, 0.1) is 27.6 Å². The predicted molar refractivity (Wildman–Crippen MR) is 213 cm³/mol. The number of hydrogen-bond acceptors (Lipinski definition) is 11. The molecule has 5 aromatic rings. The lowest BCUT2D eigenvalue weighted by Gasteiger charge is -2.32. The van der Waals surface area contributed by atoms with Crippen molar-refractivity contribution in [2.75, 3.05) is 53.0 Å². The van der Waals surface area contributed by atoms with Crippen molar-refractivity contribution < 1.29 is 23.7 Å². The summed E-state index contributed by atoms with van der Waals surface area (Å²) < 4.78 is 26.5. The molecule has 284 valence electrons. The number of unbranched alkanes of at least 4 members (excludes halogenated alkanes) is 1. The summed E-state index contributed by atoms with van der Waals surface area (Å²) in [6.45, 7) is 12.7. The van der Waals surface area contributed by atoms with Crippen molar-refractivity contribution in [1.29, 1.82) is 0 Å². The van der Waals surface area contributed by atoms with Gasteiger partial charge < -0.3 is 23.8 Å². The summed E-state index contributed by atoms with van der Waals surface area (Å²) in [7, 11) is 2.14. The number of fused-ring (bicyclic) bond motifs is 1. The Labute approximate surface area is 326 Å². The molecule has 1 aliphatic rings. The molecule has 0 unspecified atom stereocenters. The number of nitrogens with zero attached hydrogens (tertiary/aromatic N) is 6. The first-order chi connectivity index (χ1) is 26.3. The molecule has 0 bridgehead atoms. The van der Waals surface area contributed by atoms with Crippen molar-refractivity contribution in [1.82, 2.24) is 29.5 Å². The lowest BCUT2D eigenvalue weighted by Crippen LogP contribution is -2.45. The second kappa shape index (κ2) is 18.6. The van der Waals surface area contributed by atoms with E-state index in [-0.39, 0.29) is 18.9 Å². The van der Waals surface area contributed by atoms with Gasteiger partial charge in [-0.25, -0.2) is 14.8 Å². The third kappa shape index (κ3) is 9.16. The number of esters is 1. The molecule has 13 heteroatoms. The monoisotopic (exact) mass is 770 g/mol. The van der Waals surface area contributed by atoms with Gasteiger partial charge in [0.1, 0.15) is 35.9 Å². The predicted octanol–water partition coefficient (Wildman–Crippen LogP) is 7.06. The second-order valence-electron chi connectivity index (χ2n) is 13.2. The molecule has 4 heterocycles. The van der Waals surface area contributed by atoms with Crippen LogP contribution in [-0.2, 0) is 29.1 Å². The number of terminal acetylenes is 1. The summed E-state index contributed by atoms with van der Waals surface area (Å²) in [6.07, 6.45) is 10.5. The van der Waals surface area contributed by atoms with Gasteiger partial charge in [-0.15, -0.1) is 17.8 Å². The maximum absolute atomic E-state index is 13.5. The summed E-state index contributed by atoms with van der Waals surface area (Å²) in [5.74, 6) is 3.76. The van der Waals surface area contributed by atoms with E-state index < -0.39 is 12.1 Å². The van der Waals surface area contributed by atoms with Crippen molar-refractivity contribution >= 4 is 39.1 Å². The molecule has 1 saturated heterocycles. The fourth-order valence-corrected chi connectivity index (χ4v) is 7.63. The molecule has 2 aromatic carbocycles. The number of hydrogen-bond donors (Lipinski definition) is 0. The van der Waals surface area contributed by atoms with E-state index in [1.54, 1.807) is 13.1 Å². The van der Waals surface area contributed by atoms with Crippen molar-refractivity contribution in [3.63, 3.8) is 0 Å². The number of rotatable bonds is 17. The minimum Gasteiger partial charge on any atom is -0.491 e. The van der Waals surface area contributed by atoms with E-state index in [1.165, 1.54) is 17.7 Å². The lowest BCUT2D eigenvalue weighted by atomic mass is 9.98. The number of likely N-dealkylation sites (N-methyl/N-ethyl adjacent to an activating group) is 1. The van der Waals surface area contributed by atoms with E-state index in [0.717, 1.165) is 74.5 Å². The normalized spacial score (nSPS) is 14.1. The molecule has 0 aliphatic carbocycles. The minimum absolute atomic E-state index is 0.169. The molecule has 0 spiro atoms. The van der Waals surface area contributed by atoms with Crippen LogP contribution in [0.2, 0.25) is 5.02 Å². The maximum atomic E-state index is 13.5. The number of benzene rings is 2. The van der Waals surface area contributed by atoms with Crippen LogP contribution in [0.5, 0.6) is 17.4 Å². The van der Waals surface area contributed by atoms with E-state index in [9.17, 15) is 4.79 Å². The molecule has 6 rings (SSSR count). The highest BCUT2D eigenvalue weighted by Crippen LogP contribution is 2.45. The van der Waals surface area contributed by atoms with Gasteiger partial charge in [-0.3, -0.25) is 9.58 Å². The summed E-state index contributed by atoms with van der Waals surface area (Å²) in [5, 5.41) is 5.55. The smallest absolute Gasteiger partial charge is 0.347 e. The van der Waals surface area contributed by atoms with E-state index >= 15 is 0 Å². The van der Waals surface area contributed by atoms with Crippen LogP contribution >= 0.6 is 22.9 Å². The summed E-state index contributed by atoms with van der Waals surface area (Å²) >= 11 is 8.31. The summed E-state index contributed by atoms with van der Waals surface area (Å²) in [5.41, 5.74) is 4.05. The molecule has 1 fully saturated rings. The Balaban J connectivity index is 1.27. The number of aromatic nitrogens is 4. The van der Waals surface area contributed by atoms with Gasteiger partial charge >= 0.3 is 5.97 Å². The molecule has 0 N–H and O–H groups in total. The summed E-state index contributed by atoms with van der Waals surface area (Å²) in [4.78, 5) is 28.6. The molecule has 54 heavy (non-hydrogen) atoms. The van der Waals surface area contributed by atoms with Crippen LogP contribution in [0.3, 0.4) is 0 Å². The number of piperazine rings is 1. The zero-order valence-corrected chi connectivity index (χ0v) is 32.9. The molecule has 1 aliphatic heterocycles. The topological polar surface area (TPSA) is 104 Å². The van der Waals surface area contributed by atoms with Gasteiger partial charge in [-0.2, -0.15) is 5.10 Å². The zero-order chi connectivity index (χ0) is 38.0. The molecule has 3 aromatic heterocycles. The average molecular weight is 771 g/mol. The standard InChI is InChI=1S/C41H47ClN6O5S/c1-6-9-18-48-30(16-17-45-48)26-52-32-13-11-10-12-29(32)25-34(41(49)50-8-3)53-39-37-36(35(7-2)54-40(37)44-27-43-39)31-14-15-33(38(42)28(31)4)51-24-23-47-21-19-46(5)20-22-47/h2,10-17,27,34H,6,8-9,18-26H2,1,3-5H3/t34-/m1/s1. The number of carbonyl (C=O) groups is 1. The number of thiophene rings is 1. The largest absolute Gasteiger partial charge is 0.491 e.